The molecule has 0 saturated carbocycles. The zero-order valence-electron chi connectivity index (χ0n) is 14.4. The first-order valence-electron chi connectivity index (χ1n) is 7.72. The number of benzene rings is 2. The first-order valence-corrected chi connectivity index (χ1v) is 7.72. The molecule has 0 atom stereocenters. The molecule has 6 nitrogen and oxygen atoms in total. The van der Waals surface area contributed by atoms with Crippen molar-refractivity contribution in [2.75, 3.05) is 30.9 Å². The van der Waals surface area contributed by atoms with Gasteiger partial charge in [0.25, 0.3) is 5.91 Å². The maximum Gasteiger partial charge on any atom is 0.338 e. The molecule has 0 unspecified atom stereocenters. The van der Waals surface area contributed by atoms with Gasteiger partial charge < -0.3 is 15.0 Å². The summed E-state index contributed by atoms with van der Waals surface area (Å²) in [5.74, 6) is -1.06. The van der Waals surface area contributed by atoms with Gasteiger partial charge in [0.1, 0.15) is 0 Å². The molecule has 0 aliphatic rings. The van der Waals surface area contributed by atoms with Crippen LogP contribution in [0.4, 0.5) is 11.4 Å². The number of esters is 1. The van der Waals surface area contributed by atoms with Gasteiger partial charge >= 0.3 is 5.97 Å². The smallest absolute Gasteiger partial charge is 0.338 e. The molecule has 0 bridgehead atoms. The van der Waals surface area contributed by atoms with Gasteiger partial charge in [0.15, 0.2) is 12.4 Å². The van der Waals surface area contributed by atoms with E-state index in [0.717, 1.165) is 5.69 Å². The van der Waals surface area contributed by atoms with Gasteiger partial charge in [-0.25, -0.2) is 4.79 Å². The van der Waals surface area contributed by atoms with Crippen LogP contribution in [0, 0.1) is 0 Å². The van der Waals surface area contributed by atoms with Crippen molar-refractivity contribution in [1.29, 1.82) is 0 Å². The van der Waals surface area contributed by atoms with Gasteiger partial charge in [0.05, 0.1) is 5.56 Å². The summed E-state index contributed by atoms with van der Waals surface area (Å²) < 4.78 is 5.04. The van der Waals surface area contributed by atoms with Crippen molar-refractivity contribution in [3.8, 4) is 0 Å². The summed E-state index contributed by atoms with van der Waals surface area (Å²) in [6.45, 7) is 1.08. The summed E-state index contributed by atoms with van der Waals surface area (Å²) in [5, 5.41) is 2.61. The average Bonchev–Trinajstić information content (AvgIpc) is 2.60. The molecular formula is C19H20N2O4. The number of hydrogen-bond acceptors (Lipinski definition) is 5. The van der Waals surface area contributed by atoms with Crippen LogP contribution in [0.5, 0.6) is 0 Å². The standard InChI is InChI=1S/C19H20N2O4/c1-13(22)14-7-9-16(10-8-14)20-18(23)12-25-19(24)15-5-4-6-17(11-15)21(2)3/h4-11H,12H2,1-3H3,(H,20,23). The lowest BCUT2D eigenvalue weighted by Gasteiger charge is -2.13. The second kappa shape index (κ2) is 8.10. The van der Waals surface area contributed by atoms with E-state index in [1.54, 1.807) is 42.5 Å². The number of Topliss-reactive ketones (excluding diaryl/α,β-unsaturated/α-hetero) is 1. The summed E-state index contributed by atoms with van der Waals surface area (Å²) in [6, 6.07) is 13.4. The van der Waals surface area contributed by atoms with E-state index in [1.807, 2.05) is 25.1 Å². The Morgan fingerprint density at radius 1 is 1.00 bits per heavy atom. The number of nitrogens with zero attached hydrogens (tertiary/aromatic N) is 1. The number of nitrogens with one attached hydrogen (secondary N) is 1. The summed E-state index contributed by atoms with van der Waals surface area (Å²) >= 11 is 0. The molecule has 0 aliphatic heterocycles. The van der Waals surface area contributed by atoms with Gasteiger partial charge in [-0.2, -0.15) is 0 Å². The van der Waals surface area contributed by atoms with Crippen molar-refractivity contribution in [2.45, 2.75) is 6.92 Å². The normalized spacial score (nSPS) is 10.0. The second-order valence-corrected chi connectivity index (χ2v) is 5.70. The van der Waals surface area contributed by atoms with Gasteiger partial charge in [-0.15, -0.1) is 0 Å². The fourth-order valence-corrected chi connectivity index (χ4v) is 2.11. The Morgan fingerprint density at radius 2 is 1.68 bits per heavy atom. The summed E-state index contributed by atoms with van der Waals surface area (Å²) in [4.78, 5) is 37.0. The number of ketones is 1. The van der Waals surface area contributed by atoms with Crippen molar-refractivity contribution in [2.24, 2.45) is 0 Å². The number of carbonyl (C=O) groups is 3. The molecule has 0 spiro atoms. The maximum absolute atomic E-state index is 12.0. The van der Waals surface area contributed by atoms with Crippen molar-refractivity contribution >= 4 is 29.0 Å². The number of rotatable bonds is 6. The third-order valence-electron chi connectivity index (χ3n) is 3.51. The molecule has 0 aromatic heterocycles. The molecule has 2 aromatic rings. The van der Waals surface area contributed by atoms with E-state index in [4.69, 9.17) is 4.74 Å². The van der Waals surface area contributed by atoms with E-state index in [9.17, 15) is 14.4 Å². The van der Waals surface area contributed by atoms with Crippen LogP contribution in [0.3, 0.4) is 0 Å². The van der Waals surface area contributed by atoms with E-state index in [1.165, 1.54) is 6.92 Å². The monoisotopic (exact) mass is 340 g/mol. The van der Waals surface area contributed by atoms with Gasteiger partial charge in [0.2, 0.25) is 0 Å². The molecule has 0 aliphatic carbocycles. The Morgan fingerprint density at radius 3 is 2.28 bits per heavy atom. The molecule has 1 N–H and O–H groups in total. The molecule has 0 radical (unpaired) electrons. The highest BCUT2D eigenvalue weighted by Gasteiger charge is 2.11. The zero-order valence-corrected chi connectivity index (χ0v) is 14.4. The Labute approximate surface area is 146 Å². The van der Waals surface area contributed by atoms with Crippen molar-refractivity contribution in [3.05, 3.63) is 59.7 Å². The molecule has 0 heterocycles. The largest absolute Gasteiger partial charge is 0.452 e. The van der Waals surface area contributed by atoms with Crippen LogP contribution in [-0.2, 0) is 9.53 Å². The minimum atomic E-state index is -0.564. The second-order valence-electron chi connectivity index (χ2n) is 5.70. The SMILES string of the molecule is CC(=O)c1ccc(NC(=O)COC(=O)c2cccc(N(C)C)c2)cc1. The summed E-state index contributed by atoms with van der Waals surface area (Å²) in [5.41, 5.74) is 2.33. The van der Waals surface area contributed by atoms with Crippen LogP contribution in [0.15, 0.2) is 48.5 Å². The van der Waals surface area contributed by atoms with Crippen LogP contribution in [0.1, 0.15) is 27.6 Å². The number of amides is 1. The topological polar surface area (TPSA) is 75.7 Å². The lowest BCUT2D eigenvalue weighted by Crippen LogP contribution is -2.21. The third-order valence-corrected chi connectivity index (χ3v) is 3.51. The fraction of sp³-hybridized carbons (Fsp3) is 0.211. The number of ether oxygens (including phenoxy) is 1. The minimum absolute atomic E-state index is 0.0493. The minimum Gasteiger partial charge on any atom is -0.452 e. The van der Waals surface area contributed by atoms with Crippen LogP contribution in [-0.4, -0.2) is 38.4 Å². The zero-order chi connectivity index (χ0) is 18.4. The van der Waals surface area contributed by atoms with E-state index < -0.39 is 11.9 Å². The van der Waals surface area contributed by atoms with Crippen LogP contribution < -0.4 is 10.2 Å². The maximum atomic E-state index is 12.0. The molecule has 130 valence electrons. The number of anilines is 2. The predicted molar refractivity (Wildman–Crippen MR) is 96.1 cm³/mol. The molecule has 25 heavy (non-hydrogen) atoms. The Bertz CT molecular complexity index is 782. The highest BCUT2D eigenvalue weighted by atomic mass is 16.5. The van der Waals surface area contributed by atoms with Crippen molar-refractivity contribution < 1.29 is 19.1 Å². The van der Waals surface area contributed by atoms with E-state index in [2.05, 4.69) is 5.32 Å². The highest BCUT2D eigenvalue weighted by molar-refractivity contribution is 5.97. The van der Waals surface area contributed by atoms with Gasteiger partial charge in [0, 0.05) is 31.0 Å². The predicted octanol–water partition coefficient (Wildman–Crippen LogP) is 2.75. The fourth-order valence-electron chi connectivity index (χ4n) is 2.11. The molecule has 2 rings (SSSR count). The van der Waals surface area contributed by atoms with E-state index in [-0.39, 0.29) is 12.4 Å². The molecule has 1 amide bonds. The highest BCUT2D eigenvalue weighted by Crippen LogP contribution is 2.14. The van der Waals surface area contributed by atoms with Crippen LogP contribution in [0.2, 0.25) is 0 Å². The lowest BCUT2D eigenvalue weighted by molar-refractivity contribution is -0.119. The van der Waals surface area contributed by atoms with Crippen molar-refractivity contribution in [1.82, 2.24) is 0 Å². The molecule has 0 saturated heterocycles. The third kappa shape index (κ3) is 5.17. The number of hydrogen-bond donors (Lipinski definition) is 1. The van der Waals surface area contributed by atoms with Crippen LogP contribution >= 0.6 is 0 Å². The summed E-state index contributed by atoms with van der Waals surface area (Å²) in [7, 11) is 3.74. The quantitative estimate of drug-likeness (QED) is 0.646. The first kappa shape index (κ1) is 18.2. The van der Waals surface area contributed by atoms with E-state index >= 15 is 0 Å². The number of carbonyl (C=O) groups excluding carboxylic acids is 3. The Balaban J connectivity index is 1.90. The van der Waals surface area contributed by atoms with Crippen molar-refractivity contribution in [3.63, 3.8) is 0 Å². The van der Waals surface area contributed by atoms with Crippen LogP contribution in [0.25, 0.3) is 0 Å². The Kier molecular flexibility index (Phi) is 5.89. The molecule has 2 aromatic carbocycles. The van der Waals surface area contributed by atoms with Gasteiger partial charge in [-0.05, 0) is 49.4 Å². The Hall–Kier alpha value is -3.15. The average molecular weight is 340 g/mol. The summed E-state index contributed by atoms with van der Waals surface area (Å²) in [6.07, 6.45) is 0. The molecule has 0 fully saturated rings. The van der Waals surface area contributed by atoms with E-state index in [0.29, 0.717) is 16.8 Å². The first-order chi connectivity index (χ1) is 11.9. The lowest BCUT2D eigenvalue weighted by atomic mass is 10.1. The molecular weight excluding hydrogens is 320 g/mol. The van der Waals surface area contributed by atoms with Gasteiger partial charge in [-0.3, -0.25) is 9.59 Å². The molecule has 6 heteroatoms. The van der Waals surface area contributed by atoms with Gasteiger partial charge in [-0.1, -0.05) is 6.07 Å².